The van der Waals surface area contributed by atoms with Gasteiger partial charge in [-0.1, -0.05) is 73.5 Å². The van der Waals surface area contributed by atoms with Gasteiger partial charge in [0.1, 0.15) is 12.6 Å². The number of anilines is 1. The van der Waals surface area contributed by atoms with Crippen LogP contribution in [0.25, 0.3) is 0 Å². The predicted octanol–water partition coefficient (Wildman–Crippen LogP) is 6.05. The number of sulfonamides is 1. The highest BCUT2D eigenvalue weighted by atomic mass is 35.5. The van der Waals surface area contributed by atoms with E-state index in [1.54, 1.807) is 18.2 Å². The van der Waals surface area contributed by atoms with Gasteiger partial charge in [0.05, 0.1) is 21.2 Å². The molecule has 0 aliphatic heterocycles. The van der Waals surface area contributed by atoms with E-state index in [9.17, 15) is 31.2 Å². The number of benzene rings is 3. The minimum absolute atomic E-state index is 0.0373. The number of nitrogens with one attached hydrogen (secondary N) is 1. The number of carbonyl (C=O) groups is 2. The molecule has 0 aliphatic carbocycles. The lowest BCUT2D eigenvalue weighted by Gasteiger charge is -2.32. The Morgan fingerprint density at radius 3 is 2.21 bits per heavy atom. The number of nitrogens with zero attached hydrogens (tertiary/aromatic N) is 2. The van der Waals surface area contributed by atoms with E-state index < -0.39 is 56.9 Å². The Morgan fingerprint density at radius 1 is 0.952 bits per heavy atom. The zero-order valence-corrected chi connectivity index (χ0v) is 25.2. The van der Waals surface area contributed by atoms with Gasteiger partial charge in [0.15, 0.2) is 0 Å². The van der Waals surface area contributed by atoms with Crippen LogP contribution in [0, 0.1) is 12.8 Å². The third-order valence-electron chi connectivity index (χ3n) is 6.44. The lowest BCUT2D eigenvalue weighted by molar-refractivity contribution is -0.139. The molecule has 0 saturated carbocycles. The van der Waals surface area contributed by atoms with E-state index in [0.29, 0.717) is 22.5 Å². The summed E-state index contributed by atoms with van der Waals surface area (Å²) in [6, 6.07) is 15.9. The highest BCUT2D eigenvalue weighted by Gasteiger charge is 2.37. The topological polar surface area (TPSA) is 86.8 Å². The molecule has 0 aromatic heterocycles. The van der Waals surface area contributed by atoms with E-state index in [1.165, 1.54) is 36.1 Å². The molecule has 0 bridgehead atoms. The number of carbonyl (C=O) groups excluding carboxylic acids is 2. The van der Waals surface area contributed by atoms with Gasteiger partial charge in [0, 0.05) is 13.1 Å². The molecule has 1 atom stereocenters. The molecular weight excluding hydrogens is 591 g/mol. The average Bonchev–Trinajstić information content (AvgIpc) is 2.93. The second-order valence-corrected chi connectivity index (χ2v) is 12.6. The number of hydrogen-bond acceptors (Lipinski definition) is 4. The summed E-state index contributed by atoms with van der Waals surface area (Å²) >= 11 is 5.80. The Bertz CT molecular complexity index is 1520. The number of amides is 2. The molecule has 3 aromatic rings. The number of halogens is 4. The Kier molecular flexibility index (Phi) is 10.7. The summed E-state index contributed by atoms with van der Waals surface area (Å²) < 4.78 is 69.4. The largest absolute Gasteiger partial charge is 0.417 e. The van der Waals surface area contributed by atoms with E-state index in [0.717, 1.165) is 17.7 Å². The van der Waals surface area contributed by atoms with Crippen LogP contribution >= 0.6 is 11.6 Å². The molecule has 1 unspecified atom stereocenters. The van der Waals surface area contributed by atoms with Gasteiger partial charge in [0.25, 0.3) is 10.0 Å². The van der Waals surface area contributed by atoms with Crippen LogP contribution < -0.4 is 9.62 Å². The minimum atomic E-state index is -4.88. The van der Waals surface area contributed by atoms with Crippen LogP contribution in [0.1, 0.15) is 37.5 Å². The van der Waals surface area contributed by atoms with E-state index in [1.807, 2.05) is 32.9 Å². The summed E-state index contributed by atoms with van der Waals surface area (Å²) in [6.07, 6.45) is -4.88. The third kappa shape index (κ3) is 8.25. The van der Waals surface area contributed by atoms with E-state index >= 15 is 0 Å². The van der Waals surface area contributed by atoms with Crippen LogP contribution in [0.4, 0.5) is 18.9 Å². The quantitative estimate of drug-likeness (QED) is 0.282. The second-order valence-electron chi connectivity index (χ2n) is 10.3. The molecule has 0 aliphatic rings. The maximum Gasteiger partial charge on any atom is 0.417 e. The number of hydrogen-bond donors (Lipinski definition) is 1. The van der Waals surface area contributed by atoms with E-state index in [2.05, 4.69) is 5.32 Å². The molecule has 1 N–H and O–H groups in total. The molecule has 3 rings (SSSR count). The maximum absolute atomic E-state index is 13.9. The second kappa shape index (κ2) is 13.6. The Balaban J connectivity index is 2.09. The summed E-state index contributed by atoms with van der Waals surface area (Å²) in [7, 11) is -4.53. The summed E-state index contributed by atoms with van der Waals surface area (Å²) in [5.74, 6) is -1.10. The Labute approximate surface area is 249 Å². The molecule has 0 spiro atoms. The van der Waals surface area contributed by atoms with Crippen molar-refractivity contribution in [2.75, 3.05) is 17.4 Å². The molecule has 3 aromatic carbocycles. The first-order valence-corrected chi connectivity index (χ1v) is 15.0. The van der Waals surface area contributed by atoms with Gasteiger partial charge in [-0.05, 0) is 55.7 Å². The molecule has 0 radical (unpaired) electrons. The minimum Gasteiger partial charge on any atom is -0.354 e. The van der Waals surface area contributed by atoms with Crippen molar-refractivity contribution >= 4 is 39.1 Å². The monoisotopic (exact) mass is 623 g/mol. The lowest BCUT2D eigenvalue weighted by atomic mass is 10.1. The van der Waals surface area contributed by atoms with Crippen molar-refractivity contribution in [2.24, 2.45) is 5.92 Å². The van der Waals surface area contributed by atoms with E-state index in [-0.39, 0.29) is 17.4 Å². The van der Waals surface area contributed by atoms with Crippen molar-refractivity contribution in [3.8, 4) is 0 Å². The fourth-order valence-corrected chi connectivity index (χ4v) is 5.83. The number of aryl methyl sites for hydroxylation is 1. The average molecular weight is 624 g/mol. The maximum atomic E-state index is 13.9. The summed E-state index contributed by atoms with van der Waals surface area (Å²) in [6.45, 7) is 6.65. The van der Waals surface area contributed by atoms with Crippen LogP contribution in [0.5, 0.6) is 0 Å². The van der Waals surface area contributed by atoms with Gasteiger partial charge in [-0.25, -0.2) is 8.42 Å². The number of alkyl halides is 3. The first-order chi connectivity index (χ1) is 19.6. The molecule has 226 valence electrons. The third-order valence-corrected chi connectivity index (χ3v) is 8.56. The fourth-order valence-electron chi connectivity index (χ4n) is 4.18. The molecule has 0 fully saturated rings. The van der Waals surface area contributed by atoms with Crippen molar-refractivity contribution < 1.29 is 31.2 Å². The predicted molar refractivity (Wildman–Crippen MR) is 156 cm³/mol. The molecule has 2 amide bonds. The summed E-state index contributed by atoms with van der Waals surface area (Å²) in [4.78, 5) is 28.0. The van der Waals surface area contributed by atoms with Crippen molar-refractivity contribution in [2.45, 2.75) is 51.4 Å². The summed E-state index contributed by atoms with van der Waals surface area (Å²) in [5, 5.41) is 2.16. The molecule has 42 heavy (non-hydrogen) atoms. The van der Waals surface area contributed by atoms with Gasteiger partial charge in [0.2, 0.25) is 11.8 Å². The van der Waals surface area contributed by atoms with Crippen LogP contribution in [-0.4, -0.2) is 44.3 Å². The van der Waals surface area contributed by atoms with E-state index in [4.69, 9.17) is 11.6 Å². The van der Waals surface area contributed by atoms with Crippen molar-refractivity contribution in [3.05, 3.63) is 94.5 Å². The number of rotatable bonds is 11. The normalized spacial score (nSPS) is 12.6. The van der Waals surface area contributed by atoms with Gasteiger partial charge < -0.3 is 10.2 Å². The molecule has 12 heteroatoms. The molecule has 7 nitrogen and oxygen atoms in total. The highest BCUT2D eigenvalue weighted by molar-refractivity contribution is 7.92. The smallest absolute Gasteiger partial charge is 0.354 e. The Hall–Kier alpha value is -3.57. The van der Waals surface area contributed by atoms with Crippen molar-refractivity contribution in [3.63, 3.8) is 0 Å². The van der Waals surface area contributed by atoms with Crippen molar-refractivity contribution in [1.82, 2.24) is 10.2 Å². The fraction of sp³-hybridized carbons (Fsp3) is 0.333. The van der Waals surface area contributed by atoms with Crippen LogP contribution in [-0.2, 0) is 32.3 Å². The summed E-state index contributed by atoms with van der Waals surface area (Å²) in [5.41, 5.74) is -0.0575. The van der Waals surface area contributed by atoms with Crippen molar-refractivity contribution in [1.29, 1.82) is 0 Å². The highest BCUT2D eigenvalue weighted by Crippen LogP contribution is 2.38. The molecule has 0 saturated heterocycles. The first kappa shape index (κ1) is 32.9. The van der Waals surface area contributed by atoms with Gasteiger partial charge >= 0.3 is 6.18 Å². The standard InChI is InChI=1S/C30H33ClF3N3O4S/c1-20(2)17-35-29(39)22(4)36(18-23-10-8-9-21(3)15-23)28(38)19-37(42(40,41)25-11-6-5-7-12-25)24-13-14-27(31)26(16-24)30(32,33)34/h5-16,20,22H,17-19H2,1-4H3,(H,35,39). The van der Waals surface area contributed by atoms with Gasteiger partial charge in [-0.2, -0.15) is 13.2 Å². The van der Waals surface area contributed by atoms with Crippen LogP contribution in [0.15, 0.2) is 77.7 Å². The molecule has 0 heterocycles. The van der Waals surface area contributed by atoms with Crippen LogP contribution in [0.3, 0.4) is 0 Å². The zero-order chi connectivity index (χ0) is 31.2. The lowest BCUT2D eigenvalue weighted by Crippen LogP contribution is -2.51. The zero-order valence-electron chi connectivity index (χ0n) is 23.7. The molecular formula is C30H33ClF3N3O4S. The first-order valence-electron chi connectivity index (χ1n) is 13.2. The van der Waals surface area contributed by atoms with Gasteiger partial charge in [-0.3, -0.25) is 13.9 Å². The Morgan fingerprint density at radius 2 is 1.62 bits per heavy atom. The van der Waals surface area contributed by atoms with Gasteiger partial charge in [-0.15, -0.1) is 0 Å². The van der Waals surface area contributed by atoms with Crippen LogP contribution in [0.2, 0.25) is 5.02 Å². The SMILES string of the molecule is Cc1cccc(CN(C(=O)CN(c2ccc(Cl)c(C(F)(F)F)c2)S(=O)(=O)c2ccccc2)C(C)C(=O)NCC(C)C)c1.